The van der Waals surface area contributed by atoms with Crippen molar-refractivity contribution in [2.75, 3.05) is 7.11 Å². The lowest BCUT2D eigenvalue weighted by molar-refractivity contribution is 0.0956. The molecule has 0 saturated carbocycles. The Labute approximate surface area is 249 Å². The van der Waals surface area contributed by atoms with Gasteiger partial charge in [-0.25, -0.2) is 10.4 Å². The van der Waals surface area contributed by atoms with Crippen LogP contribution in [0.2, 0.25) is 10.0 Å². The Balaban J connectivity index is 1.42. The van der Waals surface area contributed by atoms with E-state index in [4.69, 9.17) is 37.7 Å². The first kappa shape index (κ1) is 27.6. The Morgan fingerprint density at radius 3 is 2.55 bits per heavy atom. The van der Waals surface area contributed by atoms with Crippen LogP contribution in [0.25, 0.3) is 22.2 Å². The molecule has 0 atom stereocenters. The Kier molecular flexibility index (Phi) is 8.65. The number of carbonyl (C=O) groups is 1. The van der Waals surface area contributed by atoms with Crippen LogP contribution in [-0.2, 0) is 6.61 Å². The van der Waals surface area contributed by atoms with E-state index in [1.807, 2.05) is 60.7 Å². The van der Waals surface area contributed by atoms with Crippen LogP contribution in [0.15, 0.2) is 101 Å². The van der Waals surface area contributed by atoms with Crippen molar-refractivity contribution in [3.8, 4) is 22.8 Å². The lowest BCUT2D eigenvalue weighted by Crippen LogP contribution is -2.18. The van der Waals surface area contributed by atoms with Crippen molar-refractivity contribution >= 4 is 62.2 Å². The summed E-state index contributed by atoms with van der Waals surface area (Å²) in [4.78, 5) is 18.1. The minimum absolute atomic E-state index is 0.173. The van der Waals surface area contributed by atoms with E-state index in [2.05, 4.69) is 26.5 Å². The number of methoxy groups -OCH3 is 1. The highest BCUT2D eigenvalue weighted by atomic mass is 79.9. The fourth-order valence-electron chi connectivity index (χ4n) is 4.12. The number of para-hydroxylation sites is 1. The number of aromatic nitrogens is 1. The van der Waals surface area contributed by atoms with Gasteiger partial charge in [0.2, 0.25) is 0 Å². The lowest BCUT2D eigenvalue weighted by Gasteiger charge is -2.15. The number of pyridine rings is 1. The third-order valence-electron chi connectivity index (χ3n) is 6.06. The van der Waals surface area contributed by atoms with Crippen LogP contribution < -0.4 is 14.9 Å². The van der Waals surface area contributed by atoms with Crippen molar-refractivity contribution in [2.45, 2.75) is 6.61 Å². The second-order valence-electron chi connectivity index (χ2n) is 8.69. The van der Waals surface area contributed by atoms with Gasteiger partial charge in [0.25, 0.3) is 5.91 Å². The third kappa shape index (κ3) is 6.28. The summed E-state index contributed by atoms with van der Waals surface area (Å²) in [5, 5.41) is 6.00. The molecule has 1 N–H and O–H groups in total. The van der Waals surface area contributed by atoms with Crippen LogP contribution in [0.5, 0.6) is 11.5 Å². The van der Waals surface area contributed by atoms with Crippen LogP contribution >= 0.6 is 39.1 Å². The summed E-state index contributed by atoms with van der Waals surface area (Å²) in [6.45, 7) is 0.173. The molecule has 0 aliphatic heterocycles. The van der Waals surface area contributed by atoms with E-state index < -0.39 is 0 Å². The zero-order valence-corrected chi connectivity index (χ0v) is 24.3. The zero-order chi connectivity index (χ0) is 28.1. The average Bonchev–Trinajstić information content (AvgIpc) is 2.97. The third-order valence-corrected chi connectivity index (χ3v) is 7.10. The van der Waals surface area contributed by atoms with Crippen molar-refractivity contribution in [1.82, 2.24) is 10.4 Å². The molecule has 200 valence electrons. The van der Waals surface area contributed by atoms with E-state index in [9.17, 15) is 4.79 Å². The number of rotatable bonds is 8. The highest BCUT2D eigenvalue weighted by Gasteiger charge is 2.15. The van der Waals surface area contributed by atoms with Crippen molar-refractivity contribution in [3.63, 3.8) is 0 Å². The molecule has 0 radical (unpaired) electrons. The van der Waals surface area contributed by atoms with Gasteiger partial charge in [-0.15, -0.1) is 0 Å². The molecule has 0 spiro atoms. The first-order valence-corrected chi connectivity index (χ1v) is 13.7. The summed E-state index contributed by atoms with van der Waals surface area (Å²) in [5.41, 5.74) is 6.77. The highest BCUT2D eigenvalue weighted by Crippen LogP contribution is 2.35. The van der Waals surface area contributed by atoms with Gasteiger partial charge in [-0.05, 0) is 36.4 Å². The Bertz CT molecular complexity index is 1730. The Morgan fingerprint density at radius 1 is 1.00 bits per heavy atom. The lowest BCUT2D eigenvalue weighted by atomic mass is 10.0. The molecule has 40 heavy (non-hydrogen) atoms. The zero-order valence-electron chi connectivity index (χ0n) is 21.2. The maximum Gasteiger partial charge on any atom is 0.272 e. The first-order valence-electron chi connectivity index (χ1n) is 12.2. The second-order valence-corrected chi connectivity index (χ2v) is 10.4. The molecule has 0 aliphatic carbocycles. The van der Waals surface area contributed by atoms with Gasteiger partial charge < -0.3 is 9.47 Å². The number of halogens is 3. The Morgan fingerprint density at radius 2 is 1.77 bits per heavy atom. The molecule has 9 heteroatoms. The van der Waals surface area contributed by atoms with Gasteiger partial charge in [-0.2, -0.15) is 5.10 Å². The monoisotopic (exact) mass is 633 g/mol. The van der Waals surface area contributed by atoms with Crippen molar-refractivity contribution in [2.24, 2.45) is 5.10 Å². The van der Waals surface area contributed by atoms with Crippen molar-refractivity contribution < 1.29 is 14.3 Å². The summed E-state index contributed by atoms with van der Waals surface area (Å²) >= 11 is 15.8. The molecule has 1 aromatic heterocycles. The summed E-state index contributed by atoms with van der Waals surface area (Å²) in [5.74, 6) is 0.555. The number of ether oxygens (including phenoxy) is 2. The van der Waals surface area contributed by atoms with Gasteiger partial charge in [0, 0.05) is 36.6 Å². The number of amides is 1. The number of hydrogen-bond donors (Lipinski definition) is 1. The van der Waals surface area contributed by atoms with Crippen LogP contribution in [0.4, 0.5) is 0 Å². The van der Waals surface area contributed by atoms with E-state index in [0.29, 0.717) is 43.9 Å². The number of nitrogens with one attached hydrogen (secondary N) is 1. The fourth-order valence-corrected chi connectivity index (χ4v) is 5.04. The number of nitrogens with zero attached hydrogens (tertiary/aromatic N) is 2. The minimum Gasteiger partial charge on any atom is -0.493 e. The van der Waals surface area contributed by atoms with Gasteiger partial charge in [-0.1, -0.05) is 93.7 Å². The average molecular weight is 635 g/mol. The normalized spacial score (nSPS) is 11.1. The predicted molar refractivity (Wildman–Crippen MR) is 164 cm³/mol. The van der Waals surface area contributed by atoms with Crippen molar-refractivity contribution in [1.29, 1.82) is 0 Å². The summed E-state index contributed by atoms with van der Waals surface area (Å²) in [6, 6.07) is 27.8. The van der Waals surface area contributed by atoms with Crippen molar-refractivity contribution in [3.05, 3.63) is 122 Å². The molecule has 5 rings (SSSR count). The maximum absolute atomic E-state index is 13.3. The predicted octanol–water partition coefficient (Wildman–Crippen LogP) is 8.32. The molecule has 0 aliphatic rings. The van der Waals surface area contributed by atoms with Gasteiger partial charge >= 0.3 is 0 Å². The molecular weight excluding hydrogens is 613 g/mol. The molecule has 6 nitrogen and oxygen atoms in total. The minimum atomic E-state index is -0.371. The first-order chi connectivity index (χ1) is 19.4. The molecule has 1 amide bonds. The van der Waals surface area contributed by atoms with Crippen LogP contribution in [0.1, 0.15) is 21.5 Å². The maximum atomic E-state index is 13.3. The van der Waals surface area contributed by atoms with Crippen LogP contribution in [0.3, 0.4) is 0 Å². The van der Waals surface area contributed by atoms with E-state index in [0.717, 1.165) is 21.0 Å². The van der Waals surface area contributed by atoms with Gasteiger partial charge in [0.15, 0.2) is 11.5 Å². The van der Waals surface area contributed by atoms with Gasteiger partial charge in [-0.3, -0.25) is 4.79 Å². The molecule has 4 aromatic carbocycles. The largest absolute Gasteiger partial charge is 0.493 e. The molecule has 5 aromatic rings. The molecule has 0 bridgehead atoms. The summed E-state index contributed by atoms with van der Waals surface area (Å²) < 4.78 is 12.4. The standard InChI is InChI=1S/C31H22BrCl2N3O3/c1-39-29-14-22(32)13-21(30(29)40-18-20-11-12-23(33)15-26(20)34)17-35-37-31(38)25-16-28(19-7-3-2-4-8-19)36-27-10-6-5-9-24(25)27/h2-17H,18H2,1H3,(H,37,38)/b35-17-. The SMILES string of the molecule is COc1cc(Br)cc(/C=N\NC(=O)c2cc(-c3ccccc3)nc3ccccc23)c1OCc1ccc(Cl)cc1Cl. The van der Waals surface area contributed by atoms with Crippen LogP contribution in [-0.4, -0.2) is 24.2 Å². The fraction of sp³-hybridized carbons (Fsp3) is 0.0645. The van der Waals surface area contributed by atoms with Gasteiger partial charge in [0.1, 0.15) is 6.61 Å². The second kappa shape index (κ2) is 12.5. The number of benzene rings is 4. The number of fused-ring (bicyclic) bond motifs is 1. The quantitative estimate of drug-likeness (QED) is 0.138. The van der Waals surface area contributed by atoms with Crippen LogP contribution in [0, 0.1) is 0 Å². The molecule has 0 saturated heterocycles. The summed E-state index contributed by atoms with van der Waals surface area (Å²) in [6.07, 6.45) is 1.51. The van der Waals surface area contributed by atoms with E-state index in [1.54, 1.807) is 37.4 Å². The molecule has 0 unspecified atom stereocenters. The Hall–Kier alpha value is -3.91. The topological polar surface area (TPSA) is 72.8 Å². The molecule has 0 fully saturated rings. The van der Waals surface area contributed by atoms with E-state index in [-0.39, 0.29) is 12.5 Å². The van der Waals surface area contributed by atoms with E-state index >= 15 is 0 Å². The molecular formula is C31H22BrCl2N3O3. The van der Waals surface area contributed by atoms with Gasteiger partial charge in [0.05, 0.1) is 30.1 Å². The number of hydrazone groups is 1. The summed E-state index contributed by atoms with van der Waals surface area (Å²) in [7, 11) is 1.55. The number of hydrogen-bond acceptors (Lipinski definition) is 5. The highest BCUT2D eigenvalue weighted by molar-refractivity contribution is 9.10. The molecule has 1 heterocycles. The smallest absolute Gasteiger partial charge is 0.272 e. The van der Waals surface area contributed by atoms with E-state index in [1.165, 1.54) is 6.21 Å². The number of carbonyl (C=O) groups excluding carboxylic acids is 1.